The van der Waals surface area contributed by atoms with Crippen LogP contribution in [0, 0.1) is 24.0 Å². The number of piperazine rings is 1. The summed E-state index contributed by atoms with van der Waals surface area (Å²) in [7, 11) is 0. The number of nitro groups is 1. The number of alkyl halides is 3. The van der Waals surface area contributed by atoms with Gasteiger partial charge in [0.2, 0.25) is 0 Å². The molecule has 2 heterocycles. The van der Waals surface area contributed by atoms with Gasteiger partial charge in [0.25, 0.3) is 11.6 Å². The molecule has 0 spiro atoms. The third-order valence-corrected chi connectivity index (χ3v) is 6.99. The summed E-state index contributed by atoms with van der Waals surface area (Å²) in [5, 5.41) is 15.8. The number of carbonyl (C=O) groups excluding carboxylic acids is 1. The van der Waals surface area contributed by atoms with Crippen molar-refractivity contribution in [2.24, 2.45) is 0 Å². The van der Waals surface area contributed by atoms with Gasteiger partial charge in [0, 0.05) is 49.6 Å². The molecule has 5 rings (SSSR count). The van der Waals surface area contributed by atoms with E-state index in [2.05, 4.69) is 0 Å². The third-order valence-electron chi connectivity index (χ3n) is 6.99. The number of rotatable bonds is 5. The lowest BCUT2D eigenvalue weighted by molar-refractivity contribution is -0.384. The number of non-ortho nitro benzene ring substituents is 1. The molecular formula is C29H26F3N5O3. The van der Waals surface area contributed by atoms with Crippen molar-refractivity contribution in [1.82, 2.24) is 14.7 Å². The van der Waals surface area contributed by atoms with E-state index in [4.69, 9.17) is 5.10 Å². The van der Waals surface area contributed by atoms with Gasteiger partial charge in [-0.3, -0.25) is 14.9 Å². The van der Waals surface area contributed by atoms with Crippen LogP contribution in [-0.2, 0) is 6.18 Å². The first kappa shape index (κ1) is 26.9. The Labute approximate surface area is 228 Å². The normalized spacial score (nSPS) is 13.9. The Morgan fingerprint density at radius 1 is 0.925 bits per heavy atom. The van der Waals surface area contributed by atoms with Gasteiger partial charge in [0.1, 0.15) is 5.69 Å². The molecule has 0 unspecified atom stereocenters. The van der Waals surface area contributed by atoms with Gasteiger partial charge in [-0.25, -0.2) is 4.68 Å². The van der Waals surface area contributed by atoms with Crippen LogP contribution in [0.2, 0.25) is 0 Å². The zero-order valence-electron chi connectivity index (χ0n) is 21.9. The molecule has 0 aliphatic carbocycles. The minimum absolute atomic E-state index is 0.0486. The molecule has 4 aromatic rings. The van der Waals surface area contributed by atoms with Crippen molar-refractivity contribution in [1.29, 1.82) is 0 Å². The lowest BCUT2D eigenvalue weighted by atomic mass is 10.1. The standard InChI is InChI=1S/C29H26F3N5O3/c1-19-6-11-26(20(2)16-19)36-27(18-25(33-36)21-7-9-23(10-8-21)37(39)40)28(38)35-14-12-34(13-15-35)24-5-3-4-22(17-24)29(30,31)32/h3-11,16-18H,12-15H2,1-2H3. The van der Waals surface area contributed by atoms with E-state index in [-0.39, 0.29) is 11.6 Å². The van der Waals surface area contributed by atoms with Gasteiger partial charge in [0.15, 0.2) is 0 Å². The Balaban J connectivity index is 1.43. The summed E-state index contributed by atoms with van der Waals surface area (Å²) >= 11 is 0. The zero-order valence-corrected chi connectivity index (χ0v) is 21.9. The number of hydrogen-bond donors (Lipinski definition) is 0. The average Bonchev–Trinajstić information content (AvgIpc) is 3.37. The van der Waals surface area contributed by atoms with Crippen molar-refractivity contribution in [2.75, 3.05) is 31.1 Å². The Bertz CT molecular complexity index is 1570. The number of nitro benzene ring substituents is 1. The number of aryl methyl sites for hydroxylation is 2. The molecule has 3 aromatic carbocycles. The van der Waals surface area contributed by atoms with E-state index < -0.39 is 16.7 Å². The van der Waals surface area contributed by atoms with E-state index in [1.54, 1.807) is 33.8 Å². The Kier molecular flexibility index (Phi) is 7.05. The number of benzene rings is 3. The molecule has 1 amide bonds. The number of aromatic nitrogens is 2. The molecule has 8 nitrogen and oxygen atoms in total. The molecule has 0 N–H and O–H groups in total. The van der Waals surface area contributed by atoms with Crippen LogP contribution in [0.3, 0.4) is 0 Å². The molecule has 1 aliphatic rings. The first-order valence-corrected chi connectivity index (χ1v) is 12.7. The van der Waals surface area contributed by atoms with Gasteiger partial charge in [-0.2, -0.15) is 18.3 Å². The van der Waals surface area contributed by atoms with Gasteiger partial charge < -0.3 is 9.80 Å². The summed E-state index contributed by atoms with van der Waals surface area (Å²) in [5.74, 6) is -0.260. The Morgan fingerprint density at radius 2 is 1.62 bits per heavy atom. The quantitative estimate of drug-likeness (QED) is 0.224. The van der Waals surface area contributed by atoms with E-state index in [1.807, 2.05) is 36.9 Å². The number of halogens is 3. The maximum atomic E-state index is 13.8. The second-order valence-electron chi connectivity index (χ2n) is 9.75. The molecule has 0 saturated carbocycles. The molecule has 0 radical (unpaired) electrons. The SMILES string of the molecule is Cc1ccc(-n2nc(-c3ccc([N+](=O)[O-])cc3)cc2C(=O)N2CCN(c3cccc(C(F)(F)F)c3)CC2)c(C)c1. The first-order valence-electron chi connectivity index (χ1n) is 12.7. The van der Waals surface area contributed by atoms with Crippen LogP contribution in [0.25, 0.3) is 16.9 Å². The Hall–Kier alpha value is -4.67. The van der Waals surface area contributed by atoms with E-state index in [0.29, 0.717) is 48.8 Å². The monoisotopic (exact) mass is 549 g/mol. The molecule has 0 bridgehead atoms. The minimum Gasteiger partial charge on any atom is -0.368 e. The predicted molar refractivity (Wildman–Crippen MR) is 145 cm³/mol. The molecule has 0 atom stereocenters. The van der Waals surface area contributed by atoms with Crippen LogP contribution in [0.4, 0.5) is 24.5 Å². The van der Waals surface area contributed by atoms with Crippen LogP contribution >= 0.6 is 0 Å². The molecule has 1 saturated heterocycles. The number of hydrogen-bond acceptors (Lipinski definition) is 5. The first-order chi connectivity index (χ1) is 19.0. The topological polar surface area (TPSA) is 84.5 Å². The Morgan fingerprint density at radius 3 is 2.25 bits per heavy atom. The largest absolute Gasteiger partial charge is 0.416 e. The van der Waals surface area contributed by atoms with Crippen LogP contribution < -0.4 is 4.90 Å². The predicted octanol–water partition coefficient (Wildman–Crippen LogP) is 6.05. The van der Waals surface area contributed by atoms with Crippen molar-refractivity contribution in [3.8, 4) is 16.9 Å². The van der Waals surface area contributed by atoms with Gasteiger partial charge in [-0.05, 0) is 61.9 Å². The summed E-state index contributed by atoms with van der Waals surface area (Å²) in [5.41, 5.74) is 3.84. The molecular weight excluding hydrogens is 523 g/mol. The summed E-state index contributed by atoms with van der Waals surface area (Å²) < 4.78 is 41.2. The number of anilines is 1. The fourth-order valence-corrected chi connectivity index (χ4v) is 4.86. The summed E-state index contributed by atoms with van der Waals surface area (Å²) in [6, 6.07) is 18.6. The van der Waals surface area contributed by atoms with Crippen LogP contribution in [-0.4, -0.2) is 51.7 Å². The summed E-state index contributed by atoms with van der Waals surface area (Å²) in [4.78, 5) is 27.9. The number of amides is 1. The maximum absolute atomic E-state index is 13.8. The van der Waals surface area contributed by atoms with Crippen LogP contribution in [0.5, 0.6) is 0 Å². The van der Waals surface area contributed by atoms with Crippen molar-refractivity contribution in [3.63, 3.8) is 0 Å². The van der Waals surface area contributed by atoms with Crippen molar-refractivity contribution in [2.45, 2.75) is 20.0 Å². The van der Waals surface area contributed by atoms with Gasteiger partial charge in [0.05, 0.1) is 21.9 Å². The molecule has 11 heteroatoms. The lowest BCUT2D eigenvalue weighted by Crippen LogP contribution is -2.49. The summed E-state index contributed by atoms with van der Waals surface area (Å²) in [6.45, 7) is 5.29. The molecule has 40 heavy (non-hydrogen) atoms. The van der Waals surface area contributed by atoms with Gasteiger partial charge in [-0.15, -0.1) is 0 Å². The molecule has 206 valence electrons. The van der Waals surface area contributed by atoms with E-state index in [0.717, 1.165) is 28.9 Å². The highest BCUT2D eigenvalue weighted by Gasteiger charge is 2.32. The highest BCUT2D eigenvalue weighted by Crippen LogP contribution is 2.32. The van der Waals surface area contributed by atoms with E-state index in [1.165, 1.54) is 18.2 Å². The van der Waals surface area contributed by atoms with E-state index in [9.17, 15) is 28.1 Å². The molecule has 1 aliphatic heterocycles. The zero-order chi connectivity index (χ0) is 28.6. The van der Waals surface area contributed by atoms with Crippen molar-refractivity contribution >= 4 is 17.3 Å². The van der Waals surface area contributed by atoms with Crippen molar-refractivity contribution < 1.29 is 22.9 Å². The maximum Gasteiger partial charge on any atom is 0.416 e. The number of carbonyl (C=O) groups is 1. The molecule has 1 fully saturated rings. The molecule has 1 aromatic heterocycles. The highest BCUT2D eigenvalue weighted by molar-refractivity contribution is 5.94. The second kappa shape index (κ2) is 10.5. The fraction of sp³-hybridized carbons (Fsp3) is 0.241. The average molecular weight is 550 g/mol. The van der Waals surface area contributed by atoms with Crippen molar-refractivity contribution in [3.05, 3.63) is 105 Å². The third kappa shape index (κ3) is 5.40. The summed E-state index contributed by atoms with van der Waals surface area (Å²) in [6.07, 6.45) is -4.43. The van der Waals surface area contributed by atoms with E-state index >= 15 is 0 Å². The van der Waals surface area contributed by atoms with Gasteiger partial charge in [-0.1, -0.05) is 23.8 Å². The highest BCUT2D eigenvalue weighted by atomic mass is 19.4. The fourth-order valence-electron chi connectivity index (χ4n) is 4.86. The smallest absolute Gasteiger partial charge is 0.368 e. The van der Waals surface area contributed by atoms with Crippen LogP contribution in [0.15, 0.2) is 72.8 Å². The second-order valence-corrected chi connectivity index (χ2v) is 9.75. The van der Waals surface area contributed by atoms with Gasteiger partial charge >= 0.3 is 6.18 Å². The van der Waals surface area contributed by atoms with Crippen LogP contribution in [0.1, 0.15) is 27.2 Å². The minimum atomic E-state index is -4.43. The number of nitrogens with zero attached hydrogens (tertiary/aromatic N) is 5. The lowest BCUT2D eigenvalue weighted by Gasteiger charge is -2.36.